The van der Waals surface area contributed by atoms with Gasteiger partial charge in [-0.2, -0.15) is 0 Å². The summed E-state index contributed by atoms with van der Waals surface area (Å²) < 4.78 is 0. The van der Waals surface area contributed by atoms with E-state index in [1.807, 2.05) is 0 Å². The molecule has 0 saturated carbocycles. The van der Waals surface area contributed by atoms with Crippen LogP contribution in [0.2, 0.25) is 39.3 Å². The van der Waals surface area contributed by atoms with Crippen LogP contribution in [-0.2, 0) is 0 Å². The summed E-state index contributed by atoms with van der Waals surface area (Å²) in [6.45, 7) is 23.5. The molecule has 2 nitrogen and oxygen atoms in total. The molecule has 0 aliphatic heterocycles. The molecule has 0 radical (unpaired) electrons. The average Bonchev–Trinajstić information content (AvgIpc) is 3.31. The van der Waals surface area contributed by atoms with Gasteiger partial charge in [0, 0.05) is 44.3 Å². The van der Waals surface area contributed by atoms with Crippen LogP contribution in [0.1, 0.15) is 22.3 Å². The van der Waals surface area contributed by atoms with E-state index in [-0.39, 0.29) is 0 Å². The predicted octanol–water partition coefficient (Wildman–Crippen LogP) is 17.2. The fourth-order valence-electron chi connectivity index (χ4n) is 9.84. The molecule has 0 amide bonds. The highest BCUT2D eigenvalue weighted by Gasteiger charge is 2.27. The Balaban J connectivity index is 1.36. The van der Waals surface area contributed by atoms with Gasteiger partial charge in [-0.05, 0) is 144 Å². The van der Waals surface area contributed by atoms with E-state index in [9.17, 15) is 0 Å². The van der Waals surface area contributed by atoms with Crippen LogP contribution in [0, 0.1) is 27.7 Å². The summed E-state index contributed by atoms with van der Waals surface area (Å²) >= 11 is 0. The number of hydrogen-bond donors (Lipinski definition) is 0. The Bertz CT molecular complexity index is 3170. The van der Waals surface area contributed by atoms with Crippen LogP contribution < -0.4 is 20.2 Å². The molecule has 0 bridgehead atoms. The van der Waals surface area contributed by atoms with Gasteiger partial charge in [0.2, 0.25) is 0 Å². The second-order valence-electron chi connectivity index (χ2n) is 20.5. The number of hydrogen-bond acceptors (Lipinski definition) is 2. The van der Waals surface area contributed by atoms with Gasteiger partial charge in [0.05, 0.1) is 27.5 Å². The van der Waals surface area contributed by atoms with Crippen molar-refractivity contribution < 1.29 is 0 Å². The minimum atomic E-state index is -1.54. The van der Waals surface area contributed by atoms with E-state index in [4.69, 9.17) is 0 Å². The third-order valence-corrected chi connectivity index (χ3v) is 18.1. The van der Waals surface area contributed by atoms with Gasteiger partial charge in [-0.15, -0.1) is 0 Å². The maximum Gasteiger partial charge on any atom is 0.0775 e. The van der Waals surface area contributed by atoms with Crippen molar-refractivity contribution in [3.8, 4) is 22.3 Å². The molecule has 10 aromatic rings. The Morgan fingerprint density at radius 1 is 0.303 bits per heavy atom. The van der Waals surface area contributed by atoms with Gasteiger partial charge in [0.1, 0.15) is 0 Å². The van der Waals surface area contributed by atoms with Crippen LogP contribution in [0.4, 0.5) is 34.1 Å². The van der Waals surface area contributed by atoms with E-state index in [2.05, 4.69) is 259 Å². The largest absolute Gasteiger partial charge is 0.310 e. The molecule has 0 atom stereocenters. The van der Waals surface area contributed by atoms with E-state index >= 15 is 0 Å². The third-order valence-electron chi connectivity index (χ3n) is 14.0. The minimum Gasteiger partial charge on any atom is -0.310 e. The van der Waals surface area contributed by atoms with Crippen molar-refractivity contribution >= 4 is 93.0 Å². The topological polar surface area (TPSA) is 6.48 Å². The molecule has 0 aliphatic rings. The molecule has 0 heterocycles. The normalized spacial score (nSPS) is 12.1. The van der Waals surface area contributed by atoms with Crippen LogP contribution >= 0.6 is 0 Å². The van der Waals surface area contributed by atoms with Gasteiger partial charge in [-0.3, -0.25) is 0 Å². The summed E-state index contributed by atoms with van der Waals surface area (Å²) in [5.74, 6) is 0. The van der Waals surface area contributed by atoms with E-state index in [1.165, 1.54) is 98.6 Å². The number of nitrogens with zero attached hydrogens (tertiary/aromatic N) is 2. The molecule has 0 aromatic heterocycles. The van der Waals surface area contributed by atoms with Crippen molar-refractivity contribution in [3.05, 3.63) is 204 Å². The van der Waals surface area contributed by atoms with Crippen molar-refractivity contribution in [2.45, 2.75) is 67.0 Å². The summed E-state index contributed by atoms with van der Waals surface area (Å²) in [6.07, 6.45) is 0. The maximum absolute atomic E-state index is 2.51. The van der Waals surface area contributed by atoms with Crippen LogP contribution in [0.3, 0.4) is 0 Å². The van der Waals surface area contributed by atoms with Crippen molar-refractivity contribution in [1.29, 1.82) is 0 Å². The zero-order valence-corrected chi connectivity index (χ0v) is 42.2. The summed E-state index contributed by atoms with van der Waals surface area (Å²) in [4.78, 5) is 5.03. The van der Waals surface area contributed by atoms with E-state index < -0.39 is 16.1 Å². The third kappa shape index (κ3) is 7.72. The summed E-state index contributed by atoms with van der Waals surface area (Å²) in [5, 5.41) is 10.4. The van der Waals surface area contributed by atoms with E-state index in [0.29, 0.717) is 0 Å². The van der Waals surface area contributed by atoms with Gasteiger partial charge < -0.3 is 9.80 Å². The molecule has 10 aromatic carbocycles. The molecular formula is C62H60N2Si2. The number of anilines is 6. The smallest absolute Gasteiger partial charge is 0.0775 e. The lowest BCUT2D eigenvalue weighted by atomic mass is 9.85. The Labute approximate surface area is 394 Å². The highest BCUT2D eigenvalue weighted by molar-refractivity contribution is 6.89. The van der Waals surface area contributed by atoms with Gasteiger partial charge in [0.15, 0.2) is 0 Å². The quantitative estimate of drug-likeness (QED) is 0.0997. The summed E-state index contributed by atoms with van der Waals surface area (Å²) in [7, 11) is -3.09. The Morgan fingerprint density at radius 3 is 0.970 bits per heavy atom. The first kappa shape index (κ1) is 43.2. The molecule has 10 rings (SSSR count). The fourth-order valence-corrected chi connectivity index (χ4v) is 12.2. The van der Waals surface area contributed by atoms with Gasteiger partial charge >= 0.3 is 0 Å². The summed E-state index contributed by atoms with van der Waals surface area (Å²) in [6, 6.07) is 69.3. The van der Waals surface area contributed by atoms with E-state index in [0.717, 1.165) is 22.7 Å². The van der Waals surface area contributed by atoms with Gasteiger partial charge in [-0.1, -0.05) is 171 Å². The molecule has 0 saturated heterocycles. The zero-order valence-electron chi connectivity index (χ0n) is 40.2. The second-order valence-corrected chi connectivity index (χ2v) is 30.6. The monoisotopic (exact) mass is 888 g/mol. The van der Waals surface area contributed by atoms with Crippen molar-refractivity contribution in [3.63, 3.8) is 0 Å². The van der Waals surface area contributed by atoms with Crippen LogP contribution in [0.15, 0.2) is 182 Å². The Hall–Kier alpha value is -6.73. The first-order valence-corrected chi connectivity index (χ1v) is 30.5. The zero-order chi connectivity index (χ0) is 46.1. The molecule has 326 valence electrons. The molecule has 0 fully saturated rings. The molecular weight excluding hydrogens is 829 g/mol. The highest BCUT2D eigenvalue weighted by atomic mass is 28.3. The second kappa shape index (κ2) is 16.6. The van der Waals surface area contributed by atoms with Crippen LogP contribution in [0.5, 0.6) is 0 Å². The standard InChI is InChI=1S/C62H60N2Si2/c1-41-21-23-49(37-43(41)3)63(47-25-29-51(30-26-47)65(5,6)7)59-39-57(45-17-13-11-14-18-45)53-34-36-56-60(40-58(46-19-15-12-16-20-46)54-33-35-55(59)61(53)62(54)56)64(50-24-22-42(2)44(4)38-50)48-27-31-52(32-28-48)66(8,9)10/h11-40H,1-10H3. The lowest BCUT2D eigenvalue weighted by Gasteiger charge is -2.32. The molecule has 0 unspecified atom stereocenters. The number of rotatable bonds is 10. The average molecular weight is 889 g/mol. The fraction of sp³-hybridized carbons (Fsp3) is 0.161. The van der Waals surface area contributed by atoms with Gasteiger partial charge in [-0.25, -0.2) is 0 Å². The first-order chi connectivity index (χ1) is 31.7. The molecule has 0 aliphatic carbocycles. The Morgan fingerprint density at radius 2 is 0.636 bits per heavy atom. The Kier molecular flexibility index (Phi) is 10.9. The summed E-state index contributed by atoms with van der Waals surface area (Å²) in [5.41, 5.74) is 16.9. The van der Waals surface area contributed by atoms with Gasteiger partial charge in [0.25, 0.3) is 0 Å². The molecule has 0 N–H and O–H groups in total. The van der Waals surface area contributed by atoms with Crippen molar-refractivity contribution in [1.82, 2.24) is 0 Å². The highest BCUT2D eigenvalue weighted by Crippen LogP contribution is 2.52. The SMILES string of the molecule is Cc1ccc(N(c2ccc([Si](C)(C)C)cc2)c2cc(-c3ccccc3)c3ccc4c(N(c5ccc([Si](C)(C)C)cc5)c5ccc(C)c(C)c5)cc(-c5ccccc5)c5ccc2c3c54)cc1C. The molecule has 66 heavy (non-hydrogen) atoms. The number of benzene rings is 10. The van der Waals surface area contributed by atoms with E-state index in [1.54, 1.807) is 0 Å². The van der Waals surface area contributed by atoms with Crippen LogP contribution in [-0.4, -0.2) is 16.1 Å². The van der Waals surface area contributed by atoms with Crippen LogP contribution in [0.25, 0.3) is 54.6 Å². The predicted molar refractivity (Wildman–Crippen MR) is 295 cm³/mol. The minimum absolute atomic E-state index is 1.15. The first-order valence-electron chi connectivity index (χ1n) is 23.5. The lowest BCUT2D eigenvalue weighted by molar-refractivity contribution is 1.26. The molecule has 0 spiro atoms. The lowest BCUT2D eigenvalue weighted by Crippen LogP contribution is -2.37. The van der Waals surface area contributed by atoms with Crippen molar-refractivity contribution in [2.24, 2.45) is 0 Å². The number of aryl methyl sites for hydroxylation is 4. The maximum atomic E-state index is 2.51. The van der Waals surface area contributed by atoms with Crippen molar-refractivity contribution in [2.75, 3.05) is 9.80 Å². The molecule has 4 heteroatoms.